The van der Waals surface area contributed by atoms with E-state index in [0.717, 1.165) is 55.0 Å². The van der Waals surface area contributed by atoms with Gasteiger partial charge in [-0.1, -0.05) is 121 Å². The van der Waals surface area contributed by atoms with Gasteiger partial charge in [0.25, 0.3) is 0 Å². The molecule has 0 N–H and O–H groups in total. The summed E-state index contributed by atoms with van der Waals surface area (Å²) in [5, 5.41) is 30.5. The van der Waals surface area contributed by atoms with Gasteiger partial charge in [0.15, 0.2) is 5.82 Å². The lowest BCUT2D eigenvalue weighted by atomic mass is 9.93. The van der Waals surface area contributed by atoms with Gasteiger partial charge < -0.3 is 0 Å². The van der Waals surface area contributed by atoms with Gasteiger partial charge in [0, 0.05) is 16.7 Å². The third kappa shape index (κ3) is 5.33. The van der Waals surface area contributed by atoms with Gasteiger partial charge in [-0.25, -0.2) is 9.97 Å². The molecule has 0 unspecified atom stereocenters. The van der Waals surface area contributed by atoms with Crippen LogP contribution in [0.4, 0.5) is 0 Å². The first-order valence-electron chi connectivity index (χ1n) is 17.1. The number of rotatable bonds is 3. The average molecular weight is 661 g/mol. The molecule has 52 heavy (non-hydrogen) atoms. The summed E-state index contributed by atoms with van der Waals surface area (Å²) in [4.78, 5) is 10.1. The third-order valence-electron chi connectivity index (χ3n) is 9.78. The maximum Gasteiger partial charge on any atom is 0.160 e. The van der Waals surface area contributed by atoms with E-state index in [9.17, 15) is 10.5 Å². The van der Waals surface area contributed by atoms with Crippen molar-refractivity contribution in [2.45, 2.75) is 0 Å². The van der Waals surface area contributed by atoms with Gasteiger partial charge in [0.2, 0.25) is 0 Å². The highest BCUT2D eigenvalue weighted by Gasteiger charge is 2.14. The smallest absolute Gasteiger partial charge is 0.160 e. The first-order valence-corrected chi connectivity index (χ1v) is 17.1. The predicted octanol–water partition coefficient (Wildman–Crippen LogP) is 12.1. The Labute approximate surface area is 300 Å². The lowest BCUT2D eigenvalue weighted by Gasteiger charge is -2.12. The molecule has 240 valence electrons. The molecule has 0 aliphatic carbocycles. The molecule has 9 rings (SSSR count). The van der Waals surface area contributed by atoms with Crippen LogP contribution in [0.25, 0.3) is 87.8 Å². The van der Waals surface area contributed by atoms with Gasteiger partial charge in [-0.3, -0.25) is 0 Å². The monoisotopic (exact) mass is 660 g/mol. The zero-order chi connectivity index (χ0) is 35.0. The second kappa shape index (κ2) is 12.8. The standard InChI is InChI=1S/C48H28N4/c49-29-31-17-21-33(22-18-31)46-28-47(52-48(51-46)34-23-19-32(30-50)20-24-34)35-25-26-44-42-15-6-5-13-40(42)38-11-2-1-9-36(38)37-10-3-4-12-39(37)41-14-7-8-16-43(41)45(44)27-35/h1-28H. The van der Waals surface area contributed by atoms with E-state index in [-0.39, 0.29) is 0 Å². The van der Waals surface area contributed by atoms with E-state index < -0.39 is 0 Å². The molecule has 0 aliphatic heterocycles. The van der Waals surface area contributed by atoms with Crippen LogP contribution < -0.4 is 0 Å². The quantitative estimate of drug-likeness (QED) is 0.189. The number of nitrogens with zero attached hydrogens (tertiary/aromatic N) is 4. The van der Waals surface area contributed by atoms with Gasteiger partial charge in [-0.05, 0) is 102 Å². The molecule has 0 saturated heterocycles. The number of hydrogen-bond donors (Lipinski definition) is 0. The van der Waals surface area contributed by atoms with Crippen molar-refractivity contribution in [1.29, 1.82) is 10.5 Å². The highest BCUT2D eigenvalue weighted by Crippen LogP contribution is 2.38. The molecule has 4 heteroatoms. The molecule has 0 saturated carbocycles. The summed E-state index contributed by atoms with van der Waals surface area (Å²) < 4.78 is 0. The number of fused-ring (bicyclic) bond motifs is 10. The summed E-state index contributed by atoms with van der Waals surface area (Å²) in [6.45, 7) is 0. The van der Waals surface area contributed by atoms with Crippen LogP contribution in [0.15, 0.2) is 170 Å². The van der Waals surface area contributed by atoms with Crippen molar-refractivity contribution in [3.63, 3.8) is 0 Å². The largest absolute Gasteiger partial charge is 0.228 e. The van der Waals surface area contributed by atoms with E-state index >= 15 is 0 Å². The molecule has 1 heterocycles. The zero-order valence-corrected chi connectivity index (χ0v) is 28.0. The van der Waals surface area contributed by atoms with Gasteiger partial charge >= 0.3 is 0 Å². The van der Waals surface area contributed by atoms with E-state index in [0.29, 0.717) is 17.0 Å². The van der Waals surface area contributed by atoms with Crippen LogP contribution >= 0.6 is 0 Å². The van der Waals surface area contributed by atoms with Crippen LogP contribution in [0.2, 0.25) is 0 Å². The summed E-state index contributed by atoms with van der Waals surface area (Å²) in [5.41, 5.74) is 5.31. The predicted molar refractivity (Wildman–Crippen MR) is 213 cm³/mol. The van der Waals surface area contributed by atoms with Crippen molar-refractivity contribution in [3.8, 4) is 46.0 Å². The molecular formula is C48H28N4. The lowest BCUT2D eigenvalue weighted by molar-refractivity contribution is 1.18. The molecule has 0 amide bonds. The summed E-state index contributed by atoms with van der Waals surface area (Å²) in [6, 6.07) is 62.6. The molecule has 0 fully saturated rings. The minimum absolute atomic E-state index is 0.553. The van der Waals surface area contributed by atoms with Crippen molar-refractivity contribution < 1.29 is 0 Å². The Kier molecular flexibility index (Phi) is 7.55. The van der Waals surface area contributed by atoms with E-state index in [4.69, 9.17) is 9.97 Å². The Balaban J connectivity index is 1.41. The second-order valence-corrected chi connectivity index (χ2v) is 12.8. The van der Waals surface area contributed by atoms with Crippen molar-refractivity contribution in [3.05, 3.63) is 181 Å². The Bertz CT molecular complexity index is 2870. The first-order chi connectivity index (χ1) is 25.7. The van der Waals surface area contributed by atoms with Crippen molar-refractivity contribution in [2.24, 2.45) is 0 Å². The van der Waals surface area contributed by atoms with Crippen molar-refractivity contribution in [1.82, 2.24) is 9.97 Å². The minimum atomic E-state index is 0.553. The van der Waals surface area contributed by atoms with Crippen LogP contribution in [0, 0.1) is 22.7 Å². The summed E-state index contributed by atoms with van der Waals surface area (Å²) in [6.07, 6.45) is 0. The van der Waals surface area contributed by atoms with E-state index in [1.807, 2.05) is 30.3 Å². The highest BCUT2D eigenvalue weighted by atomic mass is 14.9. The fourth-order valence-corrected chi connectivity index (χ4v) is 7.25. The lowest BCUT2D eigenvalue weighted by Crippen LogP contribution is -1.96. The van der Waals surface area contributed by atoms with E-state index in [1.165, 1.54) is 26.9 Å². The number of nitriles is 2. The fraction of sp³-hybridized carbons (Fsp3) is 0. The Morgan fingerprint density at radius 3 is 1.04 bits per heavy atom. The molecule has 0 radical (unpaired) electrons. The molecule has 0 atom stereocenters. The summed E-state index contributed by atoms with van der Waals surface area (Å²) in [7, 11) is 0. The number of benzene rings is 7. The summed E-state index contributed by atoms with van der Waals surface area (Å²) >= 11 is 0. The van der Waals surface area contributed by atoms with Crippen LogP contribution in [0.5, 0.6) is 0 Å². The normalized spacial score (nSPS) is 11.0. The zero-order valence-electron chi connectivity index (χ0n) is 28.0. The van der Waals surface area contributed by atoms with Crippen molar-refractivity contribution in [2.75, 3.05) is 0 Å². The van der Waals surface area contributed by atoms with Crippen LogP contribution in [0.3, 0.4) is 0 Å². The highest BCUT2D eigenvalue weighted by molar-refractivity contribution is 6.26. The molecular weight excluding hydrogens is 633 g/mol. The average Bonchev–Trinajstić information content (AvgIpc) is 3.23. The summed E-state index contributed by atoms with van der Waals surface area (Å²) in [5.74, 6) is 0.553. The van der Waals surface area contributed by atoms with E-state index in [1.54, 1.807) is 24.3 Å². The number of hydrogen-bond acceptors (Lipinski definition) is 4. The maximum absolute atomic E-state index is 9.43. The first kappa shape index (κ1) is 30.6. The van der Waals surface area contributed by atoms with Gasteiger partial charge in [0.05, 0.1) is 34.7 Å². The molecule has 8 aromatic carbocycles. The fourth-order valence-electron chi connectivity index (χ4n) is 7.25. The maximum atomic E-state index is 9.43. The Hall–Kier alpha value is -7.40. The van der Waals surface area contributed by atoms with E-state index in [2.05, 4.69) is 127 Å². The van der Waals surface area contributed by atoms with Crippen LogP contribution in [-0.2, 0) is 0 Å². The molecule has 0 aliphatic rings. The van der Waals surface area contributed by atoms with Gasteiger partial charge in [0.1, 0.15) is 0 Å². The number of aromatic nitrogens is 2. The molecule has 1 aromatic heterocycles. The molecule has 0 bridgehead atoms. The third-order valence-corrected chi connectivity index (χ3v) is 9.78. The Morgan fingerprint density at radius 1 is 0.308 bits per heavy atom. The van der Waals surface area contributed by atoms with Crippen LogP contribution in [0.1, 0.15) is 11.1 Å². The second-order valence-electron chi connectivity index (χ2n) is 12.8. The molecule has 4 nitrogen and oxygen atoms in total. The van der Waals surface area contributed by atoms with Crippen molar-refractivity contribution >= 4 is 53.9 Å². The van der Waals surface area contributed by atoms with Gasteiger partial charge in [-0.15, -0.1) is 0 Å². The van der Waals surface area contributed by atoms with Gasteiger partial charge in [-0.2, -0.15) is 10.5 Å². The molecule has 0 spiro atoms. The molecule has 9 aromatic rings. The Morgan fingerprint density at radius 2 is 0.635 bits per heavy atom. The SMILES string of the molecule is N#Cc1ccc(-c2cc(-c3ccc4c5ccccc5c5ccccc5c5ccccc5c5ccccc5c4c3)nc(-c3ccc(C#N)cc3)n2)cc1. The van der Waals surface area contributed by atoms with Crippen LogP contribution in [-0.4, -0.2) is 9.97 Å². The minimum Gasteiger partial charge on any atom is -0.228 e. The topological polar surface area (TPSA) is 73.4 Å².